The first kappa shape index (κ1) is 16.3. The number of benzene rings is 2. The van der Waals surface area contributed by atoms with Gasteiger partial charge in [-0.1, -0.05) is 41.9 Å². The topological polar surface area (TPSA) is 94.0 Å². The molecule has 0 radical (unpaired) electrons. The van der Waals surface area contributed by atoms with E-state index in [-0.39, 0.29) is 0 Å². The Morgan fingerprint density at radius 3 is 2.54 bits per heavy atom. The van der Waals surface area contributed by atoms with Gasteiger partial charge in [0.15, 0.2) is 12.2 Å². The molecule has 0 unspecified atom stereocenters. The Morgan fingerprint density at radius 1 is 1.17 bits per heavy atom. The molecular weight excluding hydrogens is 332 g/mol. The summed E-state index contributed by atoms with van der Waals surface area (Å²) in [7, 11) is 0. The second-order valence-corrected chi connectivity index (χ2v) is 5.70. The lowest BCUT2D eigenvalue weighted by molar-refractivity contribution is -0.120. The number of carbonyl (C=O) groups excluding carboxylic acids is 2. The van der Waals surface area contributed by atoms with E-state index in [1.165, 1.54) is 0 Å². The first-order valence-corrected chi connectivity index (χ1v) is 7.64. The van der Waals surface area contributed by atoms with Gasteiger partial charge in [0.1, 0.15) is 12.4 Å². The highest BCUT2D eigenvalue weighted by Gasteiger charge is 2.49. The second-order valence-electron chi connectivity index (χ2n) is 5.29. The zero-order valence-electron chi connectivity index (χ0n) is 12.6. The average molecular weight is 347 g/mol. The van der Waals surface area contributed by atoms with Crippen LogP contribution in [0.1, 0.15) is 5.56 Å². The molecule has 3 rings (SSSR count). The minimum atomic E-state index is -0.853. The van der Waals surface area contributed by atoms with Crippen molar-refractivity contribution in [2.24, 2.45) is 5.73 Å². The molecule has 2 amide bonds. The summed E-state index contributed by atoms with van der Waals surface area (Å²) in [4.78, 5) is 22.8. The number of nitrogens with two attached hydrogens (primary N) is 1. The van der Waals surface area contributed by atoms with E-state index in [0.717, 1.165) is 5.56 Å². The van der Waals surface area contributed by atoms with E-state index in [9.17, 15) is 9.59 Å². The van der Waals surface area contributed by atoms with Crippen molar-refractivity contribution in [1.29, 1.82) is 0 Å². The predicted octanol–water partition coefficient (Wildman–Crippen LogP) is 2.11. The van der Waals surface area contributed by atoms with Gasteiger partial charge in [-0.3, -0.25) is 9.59 Å². The third kappa shape index (κ3) is 3.84. The summed E-state index contributed by atoms with van der Waals surface area (Å²) in [5, 5.41) is 2.99. The standard InChI is InChI=1S/C17H15ClN2O4/c18-12-8-11(20-17(22)15-14(24-15)16(19)21)6-7-13(12)23-9-10-4-2-1-3-5-10/h1-8,14-15H,9H2,(H2,19,21)(H,20,22)/t14-,15+/m1/s1. The first-order chi connectivity index (χ1) is 11.5. The van der Waals surface area contributed by atoms with E-state index >= 15 is 0 Å². The largest absolute Gasteiger partial charge is 0.487 e. The number of nitrogens with one attached hydrogen (secondary N) is 1. The van der Waals surface area contributed by atoms with Crippen molar-refractivity contribution in [2.75, 3.05) is 5.32 Å². The van der Waals surface area contributed by atoms with E-state index in [1.54, 1.807) is 18.2 Å². The molecule has 7 heteroatoms. The number of anilines is 1. The molecule has 0 aliphatic carbocycles. The van der Waals surface area contributed by atoms with E-state index < -0.39 is 24.0 Å². The van der Waals surface area contributed by atoms with Crippen molar-refractivity contribution < 1.29 is 19.1 Å². The lowest BCUT2D eigenvalue weighted by Crippen LogP contribution is -2.26. The van der Waals surface area contributed by atoms with E-state index in [1.807, 2.05) is 30.3 Å². The molecule has 1 aliphatic heterocycles. The maximum atomic E-state index is 11.9. The lowest BCUT2D eigenvalue weighted by Gasteiger charge is -2.10. The molecule has 0 saturated carbocycles. The SMILES string of the molecule is NC(=O)[C@@H]1O[C@@H]1C(=O)Nc1ccc(OCc2ccccc2)c(Cl)c1. The molecule has 124 valence electrons. The van der Waals surface area contributed by atoms with Gasteiger partial charge in [0.05, 0.1) is 5.02 Å². The number of primary amides is 1. The summed E-state index contributed by atoms with van der Waals surface area (Å²) in [5.74, 6) is -0.582. The summed E-state index contributed by atoms with van der Waals surface area (Å²) in [6.07, 6.45) is -1.69. The fraction of sp³-hybridized carbons (Fsp3) is 0.176. The summed E-state index contributed by atoms with van der Waals surface area (Å²) in [6.45, 7) is 0.391. The molecule has 2 atom stereocenters. The van der Waals surface area contributed by atoms with Crippen LogP contribution in [0.15, 0.2) is 48.5 Å². The van der Waals surface area contributed by atoms with Gasteiger partial charge in [0.25, 0.3) is 5.91 Å². The first-order valence-electron chi connectivity index (χ1n) is 7.26. The van der Waals surface area contributed by atoms with Crippen LogP contribution < -0.4 is 15.8 Å². The van der Waals surface area contributed by atoms with E-state index in [4.69, 9.17) is 26.8 Å². The van der Waals surface area contributed by atoms with Gasteiger partial charge >= 0.3 is 0 Å². The molecule has 24 heavy (non-hydrogen) atoms. The molecule has 1 fully saturated rings. The second kappa shape index (κ2) is 6.90. The van der Waals surface area contributed by atoms with E-state index in [2.05, 4.69) is 5.32 Å². The van der Waals surface area contributed by atoms with Gasteiger partial charge in [-0.2, -0.15) is 0 Å². The molecule has 0 spiro atoms. The smallest absolute Gasteiger partial charge is 0.256 e. The van der Waals surface area contributed by atoms with Gasteiger partial charge in [-0.05, 0) is 23.8 Å². The van der Waals surface area contributed by atoms with E-state index in [0.29, 0.717) is 23.1 Å². The highest BCUT2D eigenvalue weighted by atomic mass is 35.5. The summed E-state index contributed by atoms with van der Waals surface area (Å²) in [5.41, 5.74) is 6.57. The van der Waals surface area contributed by atoms with Crippen LogP contribution in [-0.2, 0) is 20.9 Å². The van der Waals surface area contributed by atoms with Crippen molar-refractivity contribution in [3.63, 3.8) is 0 Å². The van der Waals surface area contributed by atoms with Crippen LogP contribution in [-0.4, -0.2) is 24.0 Å². The van der Waals surface area contributed by atoms with Crippen molar-refractivity contribution in [3.8, 4) is 5.75 Å². The normalized spacial score (nSPS) is 18.7. The summed E-state index contributed by atoms with van der Waals surface area (Å²) >= 11 is 6.17. The predicted molar refractivity (Wildman–Crippen MR) is 88.7 cm³/mol. The number of amides is 2. The van der Waals surface area contributed by atoms with Gasteiger partial charge in [-0.15, -0.1) is 0 Å². The maximum absolute atomic E-state index is 11.9. The third-order valence-corrected chi connectivity index (χ3v) is 3.76. The van der Waals surface area contributed by atoms with Crippen LogP contribution in [0, 0.1) is 0 Å². The van der Waals surface area contributed by atoms with Crippen molar-refractivity contribution in [3.05, 3.63) is 59.1 Å². The van der Waals surface area contributed by atoms with Crippen molar-refractivity contribution >= 4 is 29.1 Å². The van der Waals surface area contributed by atoms with Crippen LogP contribution in [0.3, 0.4) is 0 Å². The molecule has 3 N–H and O–H groups in total. The number of rotatable bonds is 6. The number of hydrogen-bond donors (Lipinski definition) is 2. The Bertz CT molecular complexity index is 766. The Hall–Kier alpha value is -2.57. The number of carbonyl (C=O) groups is 2. The molecule has 0 bridgehead atoms. The van der Waals surface area contributed by atoms with Crippen LogP contribution >= 0.6 is 11.6 Å². The van der Waals surface area contributed by atoms with Crippen LogP contribution in [0.4, 0.5) is 5.69 Å². The molecular formula is C17H15ClN2O4. The van der Waals surface area contributed by atoms with Crippen LogP contribution in [0.5, 0.6) is 5.75 Å². The number of ether oxygens (including phenoxy) is 2. The fourth-order valence-corrected chi connectivity index (χ4v) is 2.41. The fourth-order valence-electron chi connectivity index (χ4n) is 2.17. The molecule has 6 nitrogen and oxygen atoms in total. The molecule has 1 heterocycles. The van der Waals surface area contributed by atoms with Gasteiger partial charge in [0, 0.05) is 5.69 Å². The number of epoxide rings is 1. The molecule has 2 aromatic carbocycles. The minimum absolute atomic E-state index is 0.367. The molecule has 0 aromatic heterocycles. The average Bonchev–Trinajstić information content (AvgIpc) is 3.36. The maximum Gasteiger partial charge on any atom is 0.256 e. The zero-order valence-corrected chi connectivity index (χ0v) is 13.3. The quantitative estimate of drug-likeness (QED) is 0.783. The van der Waals surface area contributed by atoms with Crippen LogP contribution in [0.2, 0.25) is 5.02 Å². The monoisotopic (exact) mass is 346 g/mol. The minimum Gasteiger partial charge on any atom is -0.487 e. The van der Waals surface area contributed by atoms with Crippen molar-refractivity contribution in [2.45, 2.75) is 18.8 Å². The lowest BCUT2D eigenvalue weighted by atomic mass is 10.2. The van der Waals surface area contributed by atoms with Gasteiger partial charge in [-0.25, -0.2) is 0 Å². The van der Waals surface area contributed by atoms with Crippen LogP contribution in [0.25, 0.3) is 0 Å². The Morgan fingerprint density at radius 2 is 1.92 bits per heavy atom. The summed E-state index contributed by atoms with van der Waals surface area (Å²) in [6, 6.07) is 14.6. The Kier molecular flexibility index (Phi) is 4.69. The Labute approximate surface area is 143 Å². The summed E-state index contributed by atoms with van der Waals surface area (Å²) < 4.78 is 10.6. The Balaban J connectivity index is 1.58. The van der Waals surface area contributed by atoms with Gasteiger partial charge in [0.2, 0.25) is 5.91 Å². The van der Waals surface area contributed by atoms with Crippen molar-refractivity contribution in [1.82, 2.24) is 0 Å². The zero-order chi connectivity index (χ0) is 17.1. The number of hydrogen-bond acceptors (Lipinski definition) is 4. The molecule has 1 aliphatic rings. The number of halogens is 1. The highest BCUT2D eigenvalue weighted by molar-refractivity contribution is 6.32. The third-order valence-electron chi connectivity index (χ3n) is 3.47. The van der Waals surface area contributed by atoms with Gasteiger partial charge < -0.3 is 20.5 Å². The molecule has 1 saturated heterocycles. The molecule has 2 aromatic rings. The highest BCUT2D eigenvalue weighted by Crippen LogP contribution is 2.29.